The molecule has 0 unspecified atom stereocenters. The number of ether oxygens (including phenoxy) is 2. The summed E-state index contributed by atoms with van der Waals surface area (Å²) in [6, 6.07) is 6.48. The third kappa shape index (κ3) is 4.25. The minimum Gasteiger partial charge on any atom is -0.497 e. The Balaban J connectivity index is 2.70. The fourth-order valence-corrected chi connectivity index (χ4v) is 1.34. The van der Waals surface area contributed by atoms with Crippen molar-refractivity contribution in [2.24, 2.45) is 5.92 Å². The molecule has 4 heteroatoms. The molecule has 0 atom stereocenters. The molecular weight excluding hydrogens is 244 g/mol. The topological polar surface area (TPSA) is 52.6 Å². The maximum atomic E-state index is 12.0. The average molecular weight is 262 g/mol. The molecule has 0 aliphatic carbocycles. The lowest BCUT2D eigenvalue weighted by atomic mass is 10.0. The maximum absolute atomic E-state index is 12.0. The molecule has 1 aromatic rings. The van der Waals surface area contributed by atoms with Gasteiger partial charge < -0.3 is 9.47 Å². The van der Waals surface area contributed by atoms with E-state index in [9.17, 15) is 9.59 Å². The first-order valence-electron chi connectivity index (χ1n) is 6.00. The summed E-state index contributed by atoms with van der Waals surface area (Å²) < 4.78 is 9.97. The van der Waals surface area contributed by atoms with Crippen LogP contribution < -0.4 is 4.74 Å². The summed E-state index contributed by atoms with van der Waals surface area (Å²) in [7, 11) is 1.54. The zero-order valence-electron chi connectivity index (χ0n) is 11.4. The van der Waals surface area contributed by atoms with Crippen LogP contribution in [-0.4, -0.2) is 25.5 Å². The Morgan fingerprint density at radius 2 is 1.79 bits per heavy atom. The van der Waals surface area contributed by atoms with Gasteiger partial charge in [0.05, 0.1) is 13.7 Å². The number of hydrogen-bond acceptors (Lipinski definition) is 4. The number of methoxy groups -OCH3 is 1. The van der Waals surface area contributed by atoms with E-state index in [2.05, 4.69) is 6.58 Å². The van der Waals surface area contributed by atoms with E-state index < -0.39 is 11.8 Å². The summed E-state index contributed by atoms with van der Waals surface area (Å²) in [6.45, 7) is 7.60. The minimum atomic E-state index is -0.672. The van der Waals surface area contributed by atoms with E-state index in [1.54, 1.807) is 31.4 Å². The molecule has 0 bridgehead atoms. The molecule has 0 saturated heterocycles. The van der Waals surface area contributed by atoms with Gasteiger partial charge in [0.25, 0.3) is 0 Å². The summed E-state index contributed by atoms with van der Waals surface area (Å²) in [5.41, 5.74) is 0.220. The Labute approximate surface area is 113 Å². The normalized spacial score (nSPS) is 10.1. The van der Waals surface area contributed by atoms with Crippen LogP contribution in [0.4, 0.5) is 0 Å². The average Bonchev–Trinajstić information content (AvgIpc) is 2.43. The second kappa shape index (κ2) is 6.73. The molecular formula is C15H18O4. The van der Waals surface area contributed by atoms with Crippen LogP contribution in [-0.2, 0) is 9.53 Å². The van der Waals surface area contributed by atoms with Crippen LogP contribution in [0.25, 0.3) is 0 Å². The van der Waals surface area contributed by atoms with Gasteiger partial charge in [0.1, 0.15) is 11.3 Å². The first-order valence-corrected chi connectivity index (χ1v) is 6.00. The van der Waals surface area contributed by atoms with Gasteiger partial charge in [0.15, 0.2) is 5.78 Å². The van der Waals surface area contributed by atoms with E-state index in [0.717, 1.165) is 0 Å². The van der Waals surface area contributed by atoms with Gasteiger partial charge in [-0.3, -0.25) is 4.79 Å². The molecule has 0 spiro atoms. The van der Waals surface area contributed by atoms with E-state index in [0.29, 0.717) is 11.3 Å². The molecule has 1 rings (SSSR count). The van der Waals surface area contributed by atoms with E-state index in [-0.39, 0.29) is 18.1 Å². The Bertz CT molecular complexity index is 471. The molecule has 19 heavy (non-hydrogen) atoms. The van der Waals surface area contributed by atoms with Crippen molar-refractivity contribution in [1.82, 2.24) is 0 Å². The molecule has 0 N–H and O–H groups in total. The van der Waals surface area contributed by atoms with Crippen molar-refractivity contribution in [2.75, 3.05) is 13.7 Å². The Morgan fingerprint density at radius 3 is 2.26 bits per heavy atom. The Hall–Kier alpha value is -2.10. The number of rotatable bonds is 6. The summed E-state index contributed by atoms with van der Waals surface area (Å²) in [5.74, 6) is -0.247. The van der Waals surface area contributed by atoms with Gasteiger partial charge in [-0.05, 0) is 30.2 Å². The molecule has 4 nitrogen and oxygen atoms in total. The van der Waals surface area contributed by atoms with Crippen LogP contribution in [0.2, 0.25) is 0 Å². The van der Waals surface area contributed by atoms with Crippen LogP contribution in [0.1, 0.15) is 24.2 Å². The van der Waals surface area contributed by atoms with Crippen molar-refractivity contribution in [3.8, 4) is 5.75 Å². The predicted molar refractivity (Wildman–Crippen MR) is 72.3 cm³/mol. The van der Waals surface area contributed by atoms with Crippen LogP contribution in [0.5, 0.6) is 5.75 Å². The Morgan fingerprint density at radius 1 is 1.21 bits per heavy atom. The highest BCUT2D eigenvalue weighted by Gasteiger charge is 2.19. The van der Waals surface area contributed by atoms with Crippen LogP contribution in [0.15, 0.2) is 36.4 Å². The Kier molecular flexibility index (Phi) is 5.30. The number of ketones is 1. The third-order valence-corrected chi connectivity index (χ3v) is 2.42. The summed E-state index contributed by atoms with van der Waals surface area (Å²) in [5, 5.41) is 0. The molecule has 0 aromatic heterocycles. The van der Waals surface area contributed by atoms with Crippen LogP contribution in [0.3, 0.4) is 0 Å². The predicted octanol–water partition coefficient (Wildman–Crippen LogP) is 2.63. The van der Waals surface area contributed by atoms with Crippen LogP contribution >= 0.6 is 0 Å². The fourth-order valence-electron chi connectivity index (χ4n) is 1.34. The van der Waals surface area contributed by atoms with Crippen LogP contribution in [0, 0.1) is 5.92 Å². The van der Waals surface area contributed by atoms with Gasteiger partial charge in [-0.25, -0.2) is 4.79 Å². The molecule has 0 amide bonds. The lowest BCUT2D eigenvalue weighted by molar-refractivity contribution is -0.139. The van der Waals surface area contributed by atoms with Crippen molar-refractivity contribution in [1.29, 1.82) is 0 Å². The highest BCUT2D eigenvalue weighted by Crippen LogP contribution is 2.14. The van der Waals surface area contributed by atoms with Crippen molar-refractivity contribution in [3.63, 3.8) is 0 Å². The quantitative estimate of drug-likeness (QED) is 0.260. The third-order valence-electron chi connectivity index (χ3n) is 2.42. The number of hydrogen-bond donors (Lipinski definition) is 0. The van der Waals surface area contributed by atoms with E-state index >= 15 is 0 Å². The minimum absolute atomic E-state index is 0.161. The standard InChI is InChI=1S/C15H18O4/c1-10(2)9-19-15(17)11(3)14(16)12-5-7-13(18-4)8-6-12/h5-8,10H,3,9H2,1-2,4H3. The highest BCUT2D eigenvalue weighted by atomic mass is 16.5. The number of esters is 1. The lowest BCUT2D eigenvalue weighted by Gasteiger charge is -2.08. The summed E-state index contributed by atoms with van der Waals surface area (Å²) in [6.07, 6.45) is 0. The molecule has 0 fully saturated rings. The van der Waals surface area contributed by atoms with Crippen molar-refractivity contribution in [2.45, 2.75) is 13.8 Å². The molecule has 102 valence electrons. The number of benzene rings is 1. The van der Waals surface area contributed by atoms with Gasteiger partial charge in [-0.15, -0.1) is 0 Å². The van der Waals surface area contributed by atoms with Gasteiger partial charge in [0.2, 0.25) is 0 Å². The smallest absolute Gasteiger partial charge is 0.341 e. The van der Waals surface area contributed by atoms with Gasteiger partial charge in [-0.1, -0.05) is 20.4 Å². The molecule has 0 saturated carbocycles. The maximum Gasteiger partial charge on any atom is 0.341 e. The van der Waals surface area contributed by atoms with E-state index in [1.165, 1.54) is 0 Å². The second-order valence-corrected chi connectivity index (χ2v) is 4.53. The van der Waals surface area contributed by atoms with E-state index in [4.69, 9.17) is 9.47 Å². The number of carbonyl (C=O) groups excluding carboxylic acids is 2. The number of carbonyl (C=O) groups is 2. The zero-order valence-corrected chi connectivity index (χ0v) is 11.4. The molecule has 0 heterocycles. The van der Waals surface area contributed by atoms with Gasteiger partial charge in [-0.2, -0.15) is 0 Å². The van der Waals surface area contributed by atoms with Gasteiger partial charge >= 0.3 is 5.97 Å². The SMILES string of the molecule is C=C(C(=O)OCC(C)C)C(=O)c1ccc(OC)cc1. The molecule has 0 radical (unpaired) electrons. The first kappa shape index (κ1) is 15.0. The molecule has 0 aliphatic rings. The van der Waals surface area contributed by atoms with Crippen molar-refractivity contribution >= 4 is 11.8 Å². The lowest BCUT2D eigenvalue weighted by Crippen LogP contribution is -2.17. The fraction of sp³-hybridized carbons (Fsp3) is 0.333. The van der Waals surface area contributed by atoms with Crippen molar-refractivity contribution < 1.29 is 19.1 Å². The van der Waals surface area contributed by atoms with E-state index in [1.807, 2.05) is 13.8 Å². The first-order chi connectivity index (χ1) is 8.95. The second-order valence-electron chi connectivity index (χ2n) is 4.53. The van der Waals surface area contributed by atoms with Crippen molar-refractivity contribution in [3.05, 3.63) is 42.0 Å². The zero-order chi connectivity index (χ0) is 14.4. The summed E-state index contributed by atoms with van der Waals surface area (Å²) in [4.78, 5) is 23.6. The summed E-state index contributed by atoms with van der Waals surface area (Å²) >= 11 is 0. The molecule has 0 aliphatic heterocycles. The number of Topliss-reactive ketones (excluding diaryl/α,β-unsaturated/α-hetero) is 1. The largest absolute Gasteiger partial charge is 0.497 e. The monoisotopic (exact) mass is 262 g/mol. The highest BCUT2D eigenvalue weighted by molar-refractivity contribution is 6.23. The van der Waals surface area contributed by atoms with Gasteiger partial charge in [0, 0.05) is 5.56 Å². The molecule has 1 aromatic carbocycles.